The smallest absolute Gasteiger partial charge is 0.208 e. The highest BCUT2D eigenvalue weighted by Crippen LogP contribution is 2.24. The third-order valence-electron chi connectivity index (χ3n) is 2.26. The van der Waals surface area contributed by atoms with Gasteiger partial charge in [0, 0.05) is 13.1 Å². The molecule has 1 aliphatic heterocycles. The van der Waals surface area contributed by atoms with Gasteiger partial charge in [0.05, 0.1) is 0 Å². The van der Waals surface area contributed by atoms with Crippen LogP contribution in [0.25, 0.3) is 0 Å². The molecule has 1 saturated heterocycles. The molecule has 4 heteroatoms. The second-order valence-electron chi connectivity index (χ2n) is 3.34. The van der Waals surface area contributed by atoms with Crippen molar-refractivity contribution in [1.82, 2.24) is 10.2 Å². The SMILES string of the molecule is C=C1CCN(c2nnc(C)s2)CC1. The summed E-state index contributed by atoms with van der Waals surface area (Å²) in [6.07, 6.45) is 2.19. The Kier molecular flexibility index (Phi) is 2.31. The maximum atomic E-state index is 4.13. The second kappa shape index (κ2) is 3.46. The molecule has 0 spiro atoms. The first-order chi connectivity index (χ1) is 6.25. The van der Waals surface area contributed by atoms with Crippen LogP contribution in [0.2, 0.25) is 0 Å². The Morgan fingerprint density at radius 3 is 2.54 bits per heavy atom. The zero-order chi connectivity index (χ0) is 9.26. The Morgan fingerprint density at radius 2 is 2.00 bits per heavy atom. The van der Waals surface area contributed by atoms with Crippen LogP contribution < -0.4 is 4.90 Å². The fourth-order valence-corrected chi connectivity index (χ4v) is 2.17. The molecule has 0 amide bonds. The minimum atomic E-state index is 1.04. The van der Waals surface area contributed by atoms with Crippen molar-refractivity contribution < 1.29 is 0 Å². The summed E-state index contributed by atoms with van der Waals surface area (Å²) in [5.74, 6) is 0. The number of aryl methyl sites for hydroxylation is 1. The lowest BCUT2D eigenvalue weighted by atomic mass is 10.1. The van der Waals surface area contributed by atoms with Gasteiger partial charge in [0.15, 0.2) is 0 Å². The first kappa shape index (κ1) is 8.69. The molecule has 1 aromatic heterocycles. The predicted octanol–water partition coefficient (Wildman–Crippen LogP) is 2.00. The van der Waals surface area contributed by atoms with Crippen LogP contribution in [0.1, 0.15) is 17.8 Å². The van der Waals surface area contributed by atoms with E-state index in [1.165, 1.54) is 5.57 Å². The standard InChI is InChI=1S/C9H13N3S/c1-7-3-5-12(6-4-7)9-11-10-8(2)13-9/h1,3-6H2,2H3. The molecule has 0 unspecified atom stereocenters. The van der Waals surface area contributed by atoms with Crippen LogP contribution in [0.15, 0.2) is 12.2 Å². The highest BCUT2D eigenvalue weighted by atomic mass is 32.1. The molecule has 0 radical (unpaired) electrons. The summed E-state index contributed by atoms with van der Waals surface area (Å²) in [5, 5.41) is 10.2. The van der Waals surface area contributed by atoms with E-state index < -0.39 is 0 Å². The van der Waals surface area contributed by atoms with Crippen LogP contribution in [0.4, 0.5) is 5.13 Å². The fourth-order valence-electron chi connectivity index (χ4n) is 1.43. The molecule has 2 rings (SSSR count). The molecule has 3 nitrogen and oxygen atoms in total. The molecular formula is C9H13N3S. The molecule has 13 heavy (non-hydrogen) atoms. The topological polar surface area (TPSA) is 29.0 Å². The van der Waals surface area contributed by atoms with Gasteiger partial charge in [-0.1, -0.05) is 23.5 Å². The van der Waals surface area contributed by atoms with Gasteiger partial charge < -0.3 is 4.90 Å². The number of hydrogen-bond acceptors (Lipinski definition) is 4. The Labute approximate surface area is 82.1 Å². The zero-order valence-corrected chi connectivity index (χ0v) is 8.60. The van der Waals surface area contributed by atoms with E-state index in [-0.39, 0.29) is 0 Å². The molecule has 70 valence electrons. The van der Waals surface area contributed by atoms with Crippen molar-refractivity contribution in [3.63, 3.8) is 0 Å². The molecule has 0 aliphatic carbocycles. The van der Waals surface area contributed by atoms with Gasteiger partial charge in [0.25, 0.3) is 0 Å². The van der Waals surface area contributed by atoms with Crippen molar-refractivity contribution in [2.24, 2.45) is 0 Å². The third kappa shape index (κ3) is 1.88. The second-order valence-corrected chi connectivity index (χ2v) is 4.50. The lowest BCUT2D eigenvalue weighted by Gasteiger charge is -2.26. The van der Waals surface area contributed by atoms with E-state index in [1.54, 1.807) is 11.3 Å². The highest BCUT2D eigenvalue weighted by molar-refractivity contribution is 7.15. The van der Waals surface area contributed by atoms with Gasteiger partial charge in [-0.25, -0.2) is 0 Å². The number of aromatic nitrogens is 2. The first-order valence-electron chi connectivity index (χ1n) is 4.47. The van der Waals surface area contributed by atoms with Crippen molar-refractivity contribution in [2.75, 3.05) is 18.0 Å². The molecule has 0 aromatic carbocycles. The molecule has 0 atom stereocenters. The van der Waals surface area contributed by atoms with Gasteiger partial charge in [0.2, 0.25) is 5.13 Å². The number of anilines is 1. The van der Waals surface area contributed by atoms with Gasteiger partial charge in [0.1, 0.15) is 5.01 Å². The quantitative estimate of drug-likeness (QED) is 0.642. The van der Waals surface area contributed by atoms with E-state index in [4.69, 9.17) is 0 Å². The van der Waals surface area contributed by atoms with Crippen LogP contribution in [0.3, 0.4) is 0 Å². The molecule has 0 saturated carbocycles. The number of rotatable bonds is 1. The Morgan fingerprint density at radius 1 is 1.31 bits per heavy atom. The highest BCUT2D eigenvalue weighted by Gasteiger charge is 2.15. The van der Waals surface area contributed by atoms with Crippen molar-refractivity contribution in [1.29, 1.82) is 0 Å². The molecule has 1 aromatic rings. The zero-order valence-electron chi connectivity index (χ0n) is 7.79. The van der Waals surface area contributed by atoms with Crippen molar-refractivity contribution in [2.45, 2.75) is 19.8 Å². The molecule has 2 heterocycles. The Hall–Kier alpha value is -0.900. The summed E-state index contributed by atoms with van der Waals surface area (Å²) in [5.41, 5.74) is 1.36. The molecule has 1 fully saturated rings. The average Bonchev–Trinajstić information content (AvgIpc) is 2.53. The number of piperidine rings is 1. The largest absolute Gasteiger partial charge is 0.346 e. The normalized spacial score (nSPS) is 17.9. The first-order valence-corrected chi connectivity index (χ1v) is 5.29. The van der Waals surface area contributed by atoms with E-state index in [2.05, 4.69) is 21.7 Å². The van der Waals surface area contributed by atoms with E-state index in [0.29, 0.717) is 0 Å². The van der Waals surface area contributed by atoms with Gasteiger partial charge in [-0.2, -0.15) is 0 Å². The minimum absolute atomic E-state index is 1.04. The average molecular weight is 195 g/mol. The molecule has 1 aliphatic rings. The van der Waals surface area contributed by atoms with Gasteiger partial charge >= 0.3 is 0 Å². The maximum Gasteiger partial charge on any atom is 0.208 e. The lowest BCUT2D eigenvalue weighted by Crippen LogP contribution is -2.30. The summed E-state index contributed by atoms with van der Waals surface area (Å²) in [4.78, 5) is 2.29. The van der Waals surface area contributed by atoms with Gasteiger partial charge in [-0.05, 0) is 19.8 Å². The monoisotopic (exact) mass is 195 g/mol. The number of hydrogen-bond donors (Lipinski definition) is 0. The summed E-state index contributed by atoms with van der Waals surface area (Å²) < 4.78 is 0. The van der Waals surface area contributed by atoms with Gasteiger partial charge in [-0.15, -0.1) is 10.2 Å². The van der Waals surface area contributed by atoms with Crippen molar-refractivity contribution >= 4 is 16.5 Å². The van der Waals surface area contributed by atoms with Crippen LogP contribution >= 0.6 is 11.3 Å². The van der Waals surface area contributed by atoms with Gasteiger partial charge in [-0.3, -0.25) is 0 Å². The van der Waals surface area contributed by atoms with E-state index in [9.17, 15) is 0 Å². The van der Waals surface area contributed by atoms with Crippen LogP contribution in [-0.4, -0.2) is 23.3 Å². The van der Waals surface area contributed by atoms with Crippen LogP contribution in [-0.2, 0) is 0 Å². The Bertz CT molecular complexity index is 308. The summed E-state index contributed by atoms with van der Waals surface area (Å²) in [7, 11) is 0. The summed E-state index contributed by atoms with van der Waals surface area (Å²) in [6.45, 7) is 8.08. The Balaban J connectivity index is 2.06. The predicted molar refractivity (Wildman–Crippen MR) is 55.2 cm³/mol. The van der Waals surface area contributed by atoms with Crippen molar-refractivity contribution in [3.8, 4) is 0 Å². The summed E-state index contributed by atoms with van der Waals surface area (Å²) >= 11 is 1.67. The lowest BCUT2D eigenvalue weighted by molar-refractivity contribution is 0.682. The summed E-state index contributed by atoms with van der Waals surface area (Å²) in [6, 6.07) is 0. The molecule has 0 N–H and O–H groups in total. The molecule has 0 bridgehead atoms. The van der Waals surface area contributed by atoms with E-state index in [1.807, 2.05) is 6.92 Å². The molecular weight excluding hydrogens is 182 g/mol. The minimum Gasteiger partial charge on any atom is -0.346 e. The number of nitrogens with zero attached hydrogens (tertiary/aromatic N) is 3. The fraction of sp³-hybridized carbons (Fsp3) is 0.556. The van der Waals surface area contributed by atoms with Crippen LogP contribution in [0, 0.1) is 6.92 Å². The van der Waals surface area contributed by atoms with E-state index >= 15 is 0 Å². The van der Waals surface area contributed by atoms with Crippen molar-refractivity contribution in [3.05, 3.63) is 17.2 Å². The maximum absolute atomic E-state index is 4.13. The van der Waals surface area contributed by atoms with E-state index in [0.717, 1.165) is 36.1 Å². The van der Waals surface area contributed by atoms with Crippen LogP contribution in [0.5, 0.6) is 0 Å². The third-order valence-corrected chi connectivity index (χ3v) is 3.16.